The lowest BCUT2D eigenvalue weighted by Gasteiger charge is -2.21. The molecule has 5 nitrogen and oxygen atoms in total. The van der Waals surface area contributed by atoms with Crippen LogP contribution in [0.25, 0.3) is 0 Å². The zero-order valence-corrected chi connectivity index (χ0v) is 12.7. The molecule has 0 saturated carbocycles. The molecule has 118 valence electrons. The molecule has 2 saturated heterocycles. The number of benzene rings is 1. The van der Waals surface area contributed by atoms with Gasteiger partial charge in [-0.1, -0.05) is 24.3 Å². The van der Waals surface area contributed by atoms with E-state index in [9.17, 15) is 9.59 Å². The Bertz CT molecular complexity index is 586. The summed E-state index contributed by atoms with van der Waals surface area (Å²) in [6.45, 7) is 3.51. The van der Waals surface area contributed by atoms with Gasteiger partial charge in [0.25, 0.3) is 5.91 Å². The molecule has 0 spiro atoms. The number of hydrogen-bond acceptors (Lipinski definition) is 3. The molecule has 2 fully saturated rings. The summed E-state index contributed by atoms with van der Waals surface area (Å²) in [5.41, 5.74) is 2.55. The van der Waals surface area contributed by atoms with Crippen LogP contribution >= 0.6 is 0 Å². The van der Waals surface area contributed by atoms with Crippen LogP contribution in [-0.4, -0.2) is 47.2 Å². The van der Waals surface area contributed by atoms with E-state index in [0.717, 1.165) is 13.0 Å². The third-order valence-electron chi connectivity index (χ3n) is 4.70. The highest BCUT2D eigenvalue weighted by atomic mass is 16.5. The minimum atomic E-state index is -0.977. The Kier molecular flexibility index (Phi) is 4.16. The molecule has 1 aromatic rings. The molecule has 5 heteroatoms. The van der Waals surface area contributed by atoms with Crippen LogP contribution in [0, 0.1) is 6.92 Å². The first-order chi connectivity index (χ1) is 10.6. The van der Waals surface area contributed by atoms with Crippen molar-refractivity contribution in [1.82, 2.24) is 4.90 Å². The second-order valence-corrected chi connectivity index (χ2v) is 6.16. The monoisotopic (exact) mass is 303 g/mol. The maximum absolute atomic E-state index is 12.5. The quantitative estimate of drug-likeness (QED) is 0.926. The van der Waals surface area contributed by atoms with Gasteiger partial charge in [0.15, 0.2) is 6.10 Å². The Labute approximate surface area is 129 Å². The molecule has 1 unspecified atom stereocenters. The zero-order valence-electron chi connectivity index (χ0n) is 12.7. The highest BCUT2D eigenvalue weighted by molar-refractivity contribution is 5.83. The third-order valence-corrected chi connectivity index (χ3v) is 4.70. The average Bonchev–Trinajstić information content (AvgIpc) is 3.17. The zero-order chi connectivity index (χ0) is 15.7. The van der Waals surface area contributed by atoms with Crippen molar-refractivity contribution in [3.8, 4) is 0 Å². The number of amides is 1. The first-order valence-electron chi connectivity index (χ1n) is 7.79. The van der Waals surface area contributed by atoms with Crippen LogP contribution in [0.1, 0.15) is 36.3 Å². The number of carboxylic acid groups (broad SMARTS) is 1. The first kappa shape index (κ1) is 15.0. The van der Waals surface area contributed by atoms with Crippen molar-refractivity contribution in [2.24, 2.45) is 0 Å². The fourth-order valence-electron chi connectivity index (χ4n) is 3.46. The minimum Gasteiger partial charge on any atom is -0.479 e. The van der Waals surface area contributed by atoms with Crippen molar-refractivity contribution >= 4 is 11.9 Å². The van der Waals surface area contributed by atoms with Crippen molar-refractivity contribution in [3.05, 3.63) is 35.4 Å². The highest BCUT2D eigenvalue weighted by Gasteiger charge is 2.39. The molecule has 2 aliphatic rings. The van der Waals surface area contributed by atoms with E-state index in [1.165, 1.54) is 11.1 Å². The molecule has 1 N–H and O–H groups in total. The lowest BCUT2D eigenvalue weighted by molar-refractivity contribution is -0.154. The van der Waals surface area contributed by atoms with Gasteiger partial charge in [-0.05, 0) is 37.3 Å². The molecule has 22 heavy (non-hydrogen) atoms. The Hall–Kier alpha value is -1.88. The Balaban J connectivity index is 1.62. The summed E-state index contributed by atoms with van der Waals surface area (Å²) in [6, 6.07) is 8.28. The van der Waals surface area contributed by atoms with Crippen LogP contribution in [0.15, 0.2) is 24.3 Å². The van der Waals surface area contributed by atoms with Gasteiger partial charge in [-0.15, -0.1) is 0 Å². The fourth-order valence-corrected chi connectivity index (χ4v) is 3.46. The Morgan fingerprint density at radius 2 is 1.91 bits per heavy atom. The number of nitrogens with zero attached hydrogens (tertiary/aromatic N) is 1. The van der Waals surface area contributed by atoms with Crippen molar-refractivity contribution < 1.29 is 19.4 Å². The second-order valence-electron chi connectivity index (χ2n) is 6.16. The summed E-state index contributed by atoms with van der Waals surface area (Å²) < 4.78 is 5.37. The fraction of sp³-hybridized carbons (Fsp3) is 0.529. The van der Waals surface area contributed by atoms with E-state index < -0.39 is 18.2 Å². The van der Waals surface area contributed by atoms with Gasteiger partial charge in [-0.25, -0.2) is 4.79 Å². The van der Waals surface area contributed by atoms with Crippen molar-refractivity contribution in [2.45, 2.75) is 44.3 Å². The molecule has 2 aliphatic heterocycles. The van der Waals surface area contributed by atoms with Gasteiger partial charge in [0, 0.05) is 19.0 Å². The summed E-state index contributed by atoms with van der Waals surface area (Å²) >= 11 is 0. The number of hydrogen-bond donors (Lipinski definition) is 1. The van der Waals surface area contributed by atoms with Gasteiger partial charge in [-0.2, -0.15) is 0 Å². The number of carbonyl (C=O) groups excluding carboxylic acids is 1. The van der Waals surface area contributed by atoms with Gasteiger partial charge >= 0.3 is 5.97 Å². The predicted octanol–water partition coefficient (Wildman–Crippen LogP) is 1.94. The lowest BCUT2D eigenvalue weighted by Crippen LogP contribution is -2.38. The SMILES string of the molecule is Cc1ccccc1C1CCN(C(=O)[C@@H]2CC[C@H](C(=O)O)O2)C1. The van der Waals surface area contributed by atoms with Crippen LogP contribution in [0.3, 0.4) is 0 Å². The van der Waals surface area contributed by atoms with Gasteiger partial charge in [-0.3, -0.25) is 4.79 Å². The van der Waals surface area contributed by atoms with Gasteiger partial charge in [0.1, 0.15) is 6.10 Å². The van der Waals surface area contributed by atoms with E-state index in [0.29, 0.717) is 25.3 Å². The summed E-state index contributed by atoms with van der Waals surface area (Å²) in [7, 11) is 0. The normalized spacial score (nSPS) is 28.0. The molecule has 2 heterocycles. The number of aliphatic carboxylic acids is 1. The topological polar surface area (TPSA) is 66.8 Å². The van der Waals surface area contributed by atoms with Crippen LogP contribution < -0.4 is 0 Å². The molecule has 1 amide bonds. The maximum atomic E-state index is 12.5. The average molecular weight is 303 g/mol. The van der Waals surface area contributed by atoms with Crippen LogP contribution in [0.4, 0.5) is 0 Å². The van der Waals surface area contributed by atoms with Gasteiger partial charge in [0.05, 0.1) is 0 Å². The van der Waals surface area contributed by atoms with Crippen LogP contribution in [0.2, 0.25) is 0 Å². The summed E-state index contributed by atoms with van der Waals surface area (Å²) in [4.78, 5) is 25.2. The third kappa shape index (κ3) is 2.86. The van der Waals surface area contributed by atoms with E-state index in [4.69, 9.17) is 9.84 Å². The smallest absolute Gasteiger partial charge is 0.332 e. The minimum absolute atomic E-state index is 0.0557. The number of carbonyl (C=O) groups is 2. The number of rotatable bonds is 3. The molecule has 0 aromatic heterocycles. The lowest BCUT2D eigenvalue weighted by atomic mass is 9.94. The van der Waals surface area contributed by atoms with E-state index in [-0.39, 0.29) is 5.91 Å². The van der Waals surface area contributed by atoms with E-state index >= 15 is 0 Å². The Morgan fingerprint density at radius 1 is 1.18 bits per heavy atom. The number of ether oxygens (including phenoxy) is 1. The summed E-state index contributed by atoms with van der Waals surface area (Å²) in [5, 5.41) is 8.95. The molecule has 3 rings (SSSR count). The number of carboxylic acids is 1. The molecule has 3 atom stereocenters. The van der Waals surface area contributed by atoms with E-state index in [1.54, 1.807) is 0 Å². The highest BCUT2D eigenvalue weighted by Crippen LogP contribution is 2.31. The largest absolute Gasteiger partial charge is 0.479 e. The molecule has 0 bridgehead atoms. The van der Waals surface area contributed by atoms with Crippen molar-refractivity contribution in [1.29, 1.82) is 0 Å². The van der Waals surface area contributed by atoms with Crippen molar-refractivity contribution in [3.63, 3.8) is 0 Å². The summed E-state index contributed by atoms with van der Waals surface area (Å²) in [5.74, 6) is -0.670. The van der Waals surface area contributed by atoms with Gasteiger partial charge in [0.2, 0.25) is 0 Å². The van der Waals surface area contributed by atoms with E-state index in [2.05, 4.69) is 19.1 Å². The maximum Gasteiger partial charge on any atom is 0.332 e. The predicted molar refractivity (Wildman–Crippen MR) is 80.6 cm³/mol. The van der Waals surface area contributed by atoms with Gasteiger partial charge < -0.3 is 14.7 Å². The number of aryl methyl sites for hydroxylation is 1. The van der Waals surface area contributed by atoms with E-state index in [1.807, 2.05) is 17.0 Å². The molecule has 0 radical (unpaired) electrons. The number of likely N-dealkylation sites (tertiary alicyclic amines) is 1. The van der Waals surface area contributed by atoms with Crippen molar-refractivity contribution in [2.75, 3.05) is 13.1 Å². The second kappa shape index (κ2) is 6.08. The molecular formula is C17H21NO4. The standard InChI is InChI=1S/C17H21NO4/c1-11-4-2-3-5-13(11)12-8-9-18(10-12)16(19)14-6-7-15(22-14)17(20)21/h2-5,12,14-15H,6-10H2,1H3,(H,20,21)/t12?,14-,15+/m0/s1. The van der Waals surface area contributed by atoms with Crippen LogP contribution in [-0.2, 0) is 14.3 Å². The Morgan fingerprint density at radius 3 is 2.59 bits per heavy atom. The molecular weight excluding hydrogens is 282 g/mol. The summed E-state index contributed by atoms with van der Waals surface area (Å²) in [6.07, 6.45) is 0.453. The molecule has 0 aliphatic carbocycles. The first-order valence-corrected chi connectivity index (χ1v) is 7.79. The van der Waals surface area contributed by atoms with Crippen LogP contribution in [0.5, 0.6) is 0 Å². The molecule has 1 aromatic carbocycles.